The quantitative estimate of drug-likeness (QED) is 0.291. The molecule has 0 unspecified atom stereocenters. The average Bonchev–Trinajstić information content (AvgIpc) is 3.80. The van der Waals surface area contributed by atoms with E-state index in [1.807, 2.05) is 55.5 Å². The van der Waals surface area contributed by atoms with Crippen molar-refractivity contribution in [3.8, 4) is 28.3 Å². The van der Waals surface area contributed by atoms with Gasteiger partial charge in [-0.15, -0.1) is 0 Å². The molecule has 0 radical (unpaired) electrons. The third-order valence-corrected chi connectivity index (χ3v) is 6.90. The van der Waals surface area contributed by atoms with Gasteiger partial charge in [0, 0.05) is 29.6 Å². The van der Waals surface area contributed by atoms with E-state index < -0.39 is 5.41 Å². The summed E-state index contributed by atoms with van der Waals surface area (Å²) >= 11 is 0. The Morgan fingerprint density at radius 2 is 1.64 bits per heavy atom. The van der Waals surface area contributed by atoms with Crippen molar-refractivity contribution in [3.05, 3.63) is 95.9 Å². The predicted octanol–water partition coefficient (Wildman–Crippen LogP) is 6.52. The molecule has 7 nitrogen and oxygen atoms in total. The minimum absolute atomic E-state index is 0.0275. The molecule has 2 amide bonds. The zero-order valence-corrected chi connectivity index (χ0v) is 22.2. The Morgan fingerprint density at radius 3 is 2.41 bits per heavy atom. The minimum Gasteiger partial charge on any atom is -0.322 e. The van der Waals surface area contributed by atoms with Crippen LogP contribution in [0, 0.1) is 24.2 Å². The molecular formula is C32H29N5O2. The lowest BCUT2D eigenvalue weighted by molar-refractivity contribution is -0.117. The maximum atomic E-state index is 13.1. The highest BCUT2D eigenvalue weighted by Crippen LogP contribution is 2.32. The van der Waals surface area contributed by atoms with Gasteiger partial charge in [-0.1, -0.05) is 24.3 Å². The van der Waals surface area contributed by atoms with Gasteiger partial charge < -0.3 is 10.6 Å². The molecule has 2 heterocycles. The second-order valence-corrected chi connectivity index (χ2v) is 10.4. The molecule has 2 aromatic carbocycles. The summed E-state index contributed by atoms with van der Waals surface area (Å²) in [6.07, 6.45) is 5.14. The molecule has 0 spiro atoms. The number of carbonyl (C=O) groups is 2. The van der Waals surface area contributed by atoms with E-state index in [4.69, 9.17) is 0 Å². The SMILES string of the molecule is Cc1ccc(NC(=O)c2ccnc(C(C)(C)C#N)c2)cc1-c1cccc(-c2ccnc(NC(=O)C3CC3)c2)c1. The molecular weight excluding hydrogens is 486 g/mol. The number of pyridine rings is 2. The van der Waals surface area contributed by atoms with Crippen LogP contribution in [-0.2, 0) is 10.2 Å². The molecule has 0 bridgehead atoms. The first-order valence-corrected chi connectivity index (χ1v) is 12.9. The van der Waals surface area contributed by atoms with E-state index in [-0.39, 0.29) is 17.7 Å². The molecule has 2 aromatic heterocycles. The highest BCUT2D eigenvalue weighted by atomic mass is 16.2. The van der Waals surface area contributed by atoms with Crippen LogP contribution in [0.4, 0.5) is 11.5 Å². The van der Waals surface area contributed by atoms with Crippen molar-refractivity contribution >= 4 is 23.3 Å². The summed E-state index contributed by atoms with van der Waals surface area (Å²) in [7, 11) is 0. The van der Waals surface area contributed by atoms with Crippen LogP contribution >= 0.6 is 0 Å². The fourth-order valence-electron chi connectivity index (χ4n) is 4.30. The number of nitrogens with one attached hydrogen (secondary N) is 2. The van der Waals surface area contributed by atoms with Crippen molar-refractivity contribution in [1.29, 1.82) is 5.26 Å². The van der Waals surface area contributed by atoms with E-state index in [9.17, 15) is 14.9 Å². The number of aryl methyl sites for hydroxylation is 1. The van der Waals surface area contributed by atoms with Gasteiger partial charge in [0.1, 0.15) is 5.82 Å². The number of nitriles is 1. The van der Waals surface area contributed by atoms with Gasteiger partial charge in [-0.3, -0.25) is 14.6 Å². The van der Waals surface area contributed by atoms with Gasteiger partial charge in [0.05, 0.1) is 17.2 Å². The second-order valence-electron chi connectivity index (χ2n) is 10.4. The molecule has 4 aromatic rings. The summed E-state index contributed by atoms with van der Waals surface area (Å²) in [5, 5.41) is 15.3. The average molecular weight is 516 g/mol. The largest absolute Gasteiger partial charge is 0.322 e. The maximum Gasteiger partial charge on any atom is 0.255 e. The molecule has 5 rings (SSSR count). The van der Waals surface area contributed by atoms with Gasteiger partial charge >= 0.3 is 0 Å². The Kier molecular flexibility index (Phi) is 6.95. The second kappa shape index (κ2) is 10.5. The van der Waals surface area contributed by atoms with E-state index in [0.717, 1.165) is 40.7 Å². The lowest BCUT2D eigenvalue weighted by Gasteiger charge is -2.15. The van der Waals surface area contributed by atoms with Crippen LogP contribution in [0.1, 0.15) is 48.3 Å². The summed E-state index contributed by atoms with van der Waals surface area (Å²) in [6, 6.07) is 23.3. The Bertz CT molecular complexity index is 1620. The first-order valence-electron chi connectivity index (χ1n) is 12.9. The summed E-state index contributed by atoms with van der Waals surface area (Å²) in [4.78, 5) is 33.8. The standard InChI is InChI=1S/C32H29N5O2/c1-20-7-10-26(36-31(39)25-12-13-34-28(16-25)32(2,3)19-33)18-27(20)24-6-4-5-22(15-24)23-11-14-35-29(17-23)37-30(38)21-8-9-21/h4-7,10-18,21H,8-9H2,1-3H3,(H,36,39)(H,35,37,38). The first-order chi connectivity index (χ1) is 18.7. The highest BCUT2D eigenvalue weighted by molar-refractivity contribution is 6.04. The van der Waals surface area contributed by atoms with Crippen LogP contribution in [0.5, 0.6) is 0 Å². The number of amides is 2. The van der Waals surface area contributed by atoms with Gasteiger partial charge in [0.2, 0.25) is 5.91 Å². The Balaban J connectivity index is 1.38. The first kappa shape index (κ1) is 25.8. The summed E-state index contributed by atoms with van der Waals surface area (Å²) in [5.41, 5.74) is 5.87. The number of benzene rings is 2. The van der Waals surface area contributed by atoms with Crippen LogP contribution in [0.3, 0.4) is 0 Å². The van der Waals surface area contributed by atoms with E-state index in [0.29, 0.717) is 22.8 Å². The lowest BCUT2D eigenvalue weighted by atomic mass is 9.90. The third kappa shape index (κ3) is 5.86. The number of rotatable bonds is 7. The number of carbonyl (C=O) groups excluding carboxylic acids is 2. The van der Waals surface area contributed by atoms with Gasteiger partial charge in [0.25, 0.3) is 5.91 Å². The number of anilines is 2. The van der Waals surface area contributed by atoms with Crippen LogP contribution in [0.2, 0.25) is 0 Å². The monoisotopic (exact) mass is 515 g/mol. The van der Waals surface area contributed by atoms with Crippen molar-refractivity contribution in [2.45, 2.75) is 39.0 Å². The molecule has 39 heavy (non-hydrogen) atoms. The smallest absolute Gasteiger partial charge is 0.255 e. The molecule has 1 saturated carbocycles. The normalized spacial score (nSPS) is 12.9. The molecule has 194 valence electrons. The van der Waals surface area contributed by atoms with Crippen molar-refractivity contribution in [2.75, 3.05) is 10.6 Å². The number of hydrogen-bond donors (Lipinski definition) is 2. The van der Waals surface area contributed by atoms with E-state index in [1.165, 1.54) is 0 Å². The van der Waals surface area contributed by atoms with Crippen molar-refractivity contribution in [3.63, 3.8) is 0 Å². The summed E-state index contributed by atoms with van der Waals surface area (Å²) in [5.74, 6) is 0.417. The fraction of sp³-hybridized carbons (Fsp3) is 0.219. The molecule has 7 heteroatoms. The summed E-state index contributed by atoms with van der Waals surface area (Å²) in [6.45, 7) is 5.58. The third-order valence-electron chi connectivity index (χ3n) is 6.90. The zero-order valence-electron chi connectivity index (χ0n) is 22.2. The molecule has 1 aliphatic rings. The van der Waals surface area contributed by atoms with Crippen LogP contribution in [0.15, 0.2) is 79.1 Å². The van der Waals surface area contributed by atoms with E-state index >= 15 is 0 Å². The highest BCUT2D eigenvalue weighted by Gasteiger charge is 2.29. The Hall–Kier alpha value is -4.83. The van der Waals surface area contributed by atoms with Gasteiger partial charge in [0.15, 0.2) is 0 Å². The molecule has 0 aliphatic heterocycles. The zero-order chi connectivity index (χ0) is 27.6. The van der Waals surface area contributed by atoms with Crippen LogP contribution in [-0.4, -0.2) is 21.8 Å². The van der Waals surface area contributed by atoms with Gasteiger partial charge in [-0.25, -0.2) is 4.98 Å². The predicted molar refractivity (Wildman–Crippen MR) is 152 cm³/mol. The number of hydrogen-bond acceptors (Lipinski definition) is 5. The maximum absolute atomic E-state index is 13.1. The Morgan fingerprint density at radius 1 is 0.897 bits per heavy atom. The van der Waals surface area contributed by atoms with Crippen molar-refractivity contribution < 1.29 is 9.59 Å². The molecule has 2 N–H and O–H groups in total. The lowest BCUT2D eigenvalue weighted by Crippen LogP contribution is -2.18. The molecule has 1 fully saturated rings. The van der Waals surface area contributed by atoms with Gasteiger partial charge in [-0.2, -0.15) is 5.26 Å². The Labute approximate surface area is 228 Å². The number of nitrogens with zero attached hydrogens (tertiary/aromatic N) is 3. The topological polar surface area (TPSA) is 108 Å². The molecule has 0 atom stereocenters. The van der Waals surface area contributed by atoms with Crippen molar-refractivity contribution in [2.24, 2.45) is 5.92 Å². The van der Waals surface area contributed by atoms with Crippen molar-refractivity contribution in [1.82, 2.24) is 9.97 Å². The fourth-order valence-corrected chi connectivity index (χ4v) is 4.30. The summed E-state index contributed by atoms with van der Waals surface area (Å²) < 4.78 is 0. The van der Waals surface area contributed by atoms with E-state index in [2.05, 4.69) is 32.7 Å². The number of aromatic nitrogens is 2. The van der Waals surface area contributed by atoms with Crippen LogP contribution in [0.25, 0.3) is 22.3 Å². The van der Waals surface area contributed by atoms with E-state index in [1.54, 1.807) is 38.4 Å². The van der Waals surface area contributed by atoms with Crippen LogP contribution < -0.4 is 10.6 Å². The molecule has 1 aliphatic carbocycles. The van der Waals surface area contributed by atoms with Gasteiger partial charge in [-0.05, 0) is 104 Å². The molecule has 0 saturated heterocycles. The minimum atomic E-state index is -0.795.